The van der Waals surface area contributed by atoms with Crippen LogP contribution in [0.5, 0.6) is 0 Å². The average Bonchev–Trinajstić information content (AvgIpc) is 2.83. The summed E-state index contributed by atoms with van der Waals surface area (Å²) in [7, 11) is 1.82. The highest BCUT2D eigenvalue weighted by molar-refractivity contribution is 7.07. The molecule has 1 amide bonds. The zero-order valence-corrected chi connectivity index (χ0v) is 14.3. The van der Waals surface area contributed by atoms with Crippen LogP contribution in [-0.2, 0) is 11.3 Å². The molecule has 22 heavy (non-hydrogen) atoms. The Balaban J connectivity index is 2.00. The minimum Gasteiger partial charge on any atom is -0.339 e. The van der Waals surface area contributed by atoms with E-state index < -0.39 is 0 Å². The van der Waals surface area contributed by atoms with Gasteiger partial charge in [0.15, 0.2) is 0 Å². The van der Waals surface area contributed by atoms with Crippen molar-refractivity contribution in [2.24, 2.45) is 0 Å². The molecule has 2 aromatic rings. The number of thiazole rings is 1. The molecular weight excluding hydrogens is 296 g/mol. The molecule has 1 atom stereocenters. The highest BCUT2D eigenvalue weighted by Crippen LogP contribution is 2.20. The van der Waals surface area contributed by atoms with Gasteiger partial charge >= 0.3 is 4.87 Å². The minimum absolute atomic E-state index is 0.000430. The summed E-state index contributed by atoms with van der Waals surface area (Å²) in [6.45, 7) is 6.40. The predicted molar refractivity (Wildman–Crippen MR) is 90.3 cm³/mol. The Kier molecular flexibility index (Phi) is 5.19. The highest BCUT2D eigenvalue weighted by Gasteiger charge is 2.17. The standard InChI is InChI=1S/C17H22N2O2S/c1-12-5-7-15(8-6-12)14(3)18(4)16(20)9-10-19-13(2)11-22-17(19)21/h5-8,11,14H,9-10H2,1-4H3. The molecule has 1 heterocycles. The summed E-state index contributed by atoms with van der Waals surface area (Å²) < 4.78 is 1.66. The first-order valence-corrected chi connectivity index (χ1v) is 8.25. The lowest BCUT2D eigenvalue weighted by Gasteiger charge is -2.25. The molecule has 0 fully saturated rings. The molecule has 0 aliphatic carbocycles. The van der Waals surface area contributed by atoms with Crippen LogP contribution in [0.15, 0.2) is 34.4 Å². The zero-order valence-electron chi connectivity index (χ0n) is 13.5. The molecule has 0 aliphatic heterocycles. The lowest BCUT2D eigenvalue weighted by molar-refractivity contribution is -0.132. The second-order valence-corrected chi connectivity index (χ2v) is 6.46. The fourth-order valence-corrected chi connectivity index (χ4v) is 3.10. The quantitative estimate of drug-likeness (QED) is 0.850. The monoisotopic (exact) mass is 318 g/mol. The van der Waals surface area contributed by atoms with Gasteiger partial charge in [0.2, 0.25) is 5.91 Å². The first-order chi connectivity index (χ1) is 10.4. The van der Waals surface area contributed by atoms with Gasteiger partial charge in [-0.1, -0.05) is 41.2 Å². The molecule has 0 aliphatic rings. The summed E-state index contributed by atoms with van der Waals surface area (Å²) in [5, 5.41) is 1.82. The number of benzene rings is 1. The third kappa shape index (κ3) is 3.65. The molecule has 0 saturated carbocycles. The highest BCUT2D eigenvalue weighted by atomic mass is 32.1. The average molecular weight is 318 g/mol. The van der Waals surface area contributed by atoms with Gasteiger partial charge in [-0.2, -0.15) is 0 Å². The first kappa shape index (κ1) is 16.5. The van der Waals surface area contributed by atoms with E-state index in [4.69, 9.17) is 0 Å². The minimum atomic E-state index is -0.000430. The van der Waals surface area contributed by atoms with E-state index in [-0.39, 0.29) is 16.8 Å². The van der Waals surface area contributed by atoms with Crippen molar-refractivity contribution in [2.75, 3.05) is 7.05 Å². The van der Waals surface area contributed by atoms with Crippen molar-refractivity contribution < 1.29 is 4.79 Å². The fourth-order valence-electron chi connectivity index (χ4n) is 2.34. The van der Waals surface area contributed by atoms with Crippen LogP contribution in [0.3, 0.4) is 0 Å². The van der Waals surface area contributed by atoms with Crippen LogP contribution < -0.4 is 4.87 Å². The van der Waals surface area contributed by atoms with Crippen molar-refractivity contribution >= 4 is 17.2 Å². The number of aromatic nitrogens is 1. The van der Waals surface area contributed by atoms with E-state index in [0.29, 0.717) is 13.0 Å². The molecular formula is C17H22N2O2S. The number of hydrogen-bond donors (Lipinski definition) is 0. The maximum absolute atomic E-state index is 12.4. The van der Waals surface area contributed by atoms with Gasteiger partial charge in [0, 0.05) is 31.1 Å². The third-order valence-corrected chi connectivity index (χ3v) is 4.94. The Morgan fingerprint density at radius 2 is 1.91 bits per heavy atom. The van der Waals surface area contributed by atoms with Crippen LogP contribution in [0, 0.1) is 13.8 Å². The smallest absolute Gasteiger partial charge is 0.307 e. The van der Waals surface area contributed by atoms with E-state index in [1.54, 1.807) is 9.47 Å². The number of amides is 1. The van der Waals surface area contributed by atoms with Gasteiger partial charge in [-0.05, 0) is 26.3 Å². The predicted octanol–water partition coefficient (Wildman–Crippen LogP) is 3.14. The molecule has 118 valence electrons. The van der Waals surface area contributed by atoms with Crippen LogP contribution in [0.25, 0.3) is 0 Å². The van der Waals surface area contributed by atoms with E-state index in [9.17, 15) is 9.59 Å². The van der Waals surface area contributed by atoms with Crippen LogP contribution in [-0.4, -0.2) is 22.4 Å². The van der Waals surface area contributed by atoms with Crippen molar-refractivity contribution in [1.29, 1.82) is 0 Å². The van der Waals surface area contributed by atoms with E-state index in [1.807, 2.05) is 33.2 Å². The molecule has 0 N–H and O–H groups in total. The third-order valence-electron chi connectivity index (χ3n) is 4.06. The first-order valence-electron chi connectivity index (χ1n) is 7.37. The number of rotatable bonds is 5. The van der Waals surface area contributed by atoms with Gasteiger partial charge in [0.05, 0.1) is 6.04 Å². The van der Waals surface area contributed by atoms with Gasteiger partial charge in [0.25, 0.3) is 0 Å². The second kappa shape index (κ2) is 6.92. The van der Waals surface area contributed by atoms with Crippen molar-refractivity contribution in [3.63, 3.8) is 0 Å². The van der Waals surface area contributed by atoms with E-state index in [1.165, 1.54) is 16.9 Å². The molecule has 0 bridgehead atoms. The normalized spacial score (nSPS) is 12.2. The molecule has 4 nitrogen and oxygen atoms in total. The Hall–Kier alpha value is -1.88. The Morgan fingerprint density at radius 3 is 2.45 bits per heavy atom. The maximum Gasteiger partial charge on any atom is 0.307 e. The SMILES string of the molecule is Cc1ccc(C(C)N(C)C(=O)CCn2c(C)csc2=O)cc1. The molecule has 5 heteroatoms. The Labute approximate surface area is 135 Å². The summed E-state index contributed by atoms with van der Waals surface area (Å²) in [4.78, 5) is 25.8. The number of aryl methyl sites for hydroxylation is 2. The number of carbonyl (C=O) groups excluding carboxylic acids is 1. The molecule has 1 aromatic heterocycles. The van der Waals surface area contributed by atoms with Gasteiger partial charge in [-0.25, -0.2) is 0 Å². The summed E-state index contributed by atoms with van der Waals surface area (Å²) in [6, 6.07) is 8.24. The summed E-state index contributed by atoms with van der Waals surface area (Å²) in [5.41, 5.74) is 3.24. The molecule has 0 radical (unpaired) electrons. The molecule has 2 rings (SSSR count). The molecule has 0 saturated heterocycles. The molecule has 0 spiro atoms. The summed E-state index contributed by atoms with van der Waals surface area (Å²) in [5.74, 6) is 0.0468. The number of hydrogen-bond acceptors (Lipinski definition) is 3. The van der Waals surface area contributed by atoms with Crippen LogP contribution in [0.2, 0.25) is 0 Å². The molecule has 1 unspecified atom stereocenters. The Morgan fingerprint density at radius 1 is 1.27 bits per heavy atom. The summed E-state index contributed by atoms with van der Waals surface area (Å²) >= 11 is 1.18. The second-order valence-electron chi connectivity index (χ2n) is 5.64. The Bertz CT molecular complexity index is 700. The number of nitrogens with zero attached hydrogens (tertiary/aromatic N) is 2. The van der Waals surface area contributed by atoms with Gasteiger partial charge in [-0.3, -0.25) is 9.59 Å². The zero-order chi connectivity index (χ0) is 16.3. The fraction of sp³-hybridized carbons (Fsp3) is 0.412. The van der Waals surface area contributed by atoms with Crippen molar-refractivity contribution in [3.8, 4) is 0 Å². The van der Waals surface area contributed by atoms with E-state index in [0.717, 1.165) is 11.3 Å². The maximum atomic E-state index is 12.4. The lowest BCUT2D eigenvalue weighted by Crippen LogP contribution is -2.31. The van der Waals surface area contributed by atoms with Gasteiger partial charge in [-0.15, -0.1) is 0 Å². The molecule has 1 aromatic carbocycles. The number of carbonyl (C=O) groups is 1. The van der Waals surface area contributed by atoms with Crippen LogP contribution in [0.4, 0.5) is 0 Å². The van der Waals surface area contributed by atoms with E-state index >= 15 is 0 Å². The van der Waals surface area contributed by atoms with Crippen LogP contribution in [0.1, 0.15) is 36.2 Å². The van der Waals surface area contributed by atoms with Crippen LogP contribution >= 0.6 is 11.3 Å². The van der Waals surface area contributed by atoms with Crippen molar-refractivity contribution in [3.05, 3.63) is 56.1 Å². The van der Waals surface area contributed by atoms with Gasteiger partial charge < -0.3 is 9.47 Å². The van der Waals surface area contributed by atoms with Crippen molar-refractivity contribution in [1.82, 2.24) is 9.47 Å². The van der Waals surface area contributed by atoms with E-state index in [2.05, 4.69) is 24.3 Å². The summed E-state index contributed by atoms with van der Waals surface area (Å²) in [6.07, 6.45) is 0.337. The van der Waals surface area contributed by atoms with Crippen molar-refractivity contribution in [2.45, 2.75) is 39.8 Å². The largest absolute Gasteiger partial charge is 0.339 e. The topological polar surface area (TPSA) is 42.3 Å². The lowest BCUT2D eigenvalue weighted by atomic mass is 10.1. The van der Waals surface area contributed by atoms with Gasteiger partial charge in [0.1, 0.15) is 0 Å².